The molecule has 7 nitrogen and oxygen atoms in total. The zero-order valence-electron chi connectivity index (χ0n) is 15.2. The summed E-state index contributed by atoms with van der Waals surface area (Å²) in [5.74, 6) is 0.883. The fourth-order valence-corrected chi connectivity index (χ4v) is 3.33. The largest absolute Gasteiger partial charge is 0.332 e. The molecule has 7 heteroatoms. The summed E-state index contributed by atoms with van der Waals surface area (Å²) in [4.78, 5) is 34.8. The summed E-state index contributed by atoms with van der Waals surface area (Å²) in [5.41, 5.74) is 4.17. The molecular formula is C18H23N5O2. The first kappa shape index (κ1) is 17.3. The van der Waals surface area contributed by atoms with Gasteiger partial charge < -0.3 is 4.90 Å². The van der Waals surface area contributed by atoms with E-state index >= 15 is 0 Å². The van der Waals surface area contributed by atoms with Crippen molar-refractivity contribution in [3.05, 3.63) is 40.2 Å². The fourth-order valence-electron chi connectivity index (χ4n) is 3.33. The van der Waals surface area contributed by atoms with E-state index in [9.17, 15) is 9.59 Å². The van der Waals surface area contributed by atoms with Crippen LogP contribution in [0.1, 0.15) is 59.1 Å². The van der Waals surface area contributed by atoms with Crippen LogP contribution in [-0.4, -0.2) is 36.3 Å². The second kappa shape index (κ2) is 6.74. The summed E-state index contributed by atoms with van der Waals surface area (Å²) in [6.07, 6.45) is 2.97. The van der Waals surface area contributed by atoms with E-state index in [4.69, 9.17) is 0 Å². The third kappa shape index (κ3) is 3.31. The average molecular weight is 341 g/mol. The molecule has 1 amide bonds. The van der Waals surface area contributed by atoms with E-state index in [2.05, 4.69) is 15.1 Å². The number of carbonyl (C=O) groups is 2. The average Bonchev–Trinajstić information content (AvgIpc) is 3.12. The topological polar surface area (TPSA) is 81.0 Å². The van der Waals surface area contributed by atoms with Gasteiger partial charge in [0.05, 0.1) is 23.5 Å². The highest BCUT2D eigenvalue weighted by atomic mass is 16.2. The van der Waals surface area contributed by atoms with Crippen LogP contribution in [-0.2, 0) is 30.8 Å². The van der Waals surface area contributed by atoms with Gasteiger partial charge in [-0.3, -0.25) is 14.3 Å². The zero-order valence-corrected chi connectivity index (χ0v) is 15.2. The maximum absolute atomic E-state index is 12.5. The molecule has 0 bridgehead atoms. The quantitative estimate of drug-likeness (QED) is 0.777. The standard InChI is InChI=1S/C18H23N5O2/c1-5-16-19-8-14-9-22(10-15(14)20-16)17(25)6-7-23-12(3)18(13(4)24)11(2)21-23/h8H,5-7,9-10H2,1-4H3. The summed E-state index contributed by atoms with van der Waals surface area (Å²) in [5, 5.41) is 4.39. The smallest absolute Gasteiger partial charge is 0.225 e. The van der Waals surface area contributed by atoms with Crippen LogP contribution in [0.3, 0.4) is 0 Å². The van der Waals surface area contributed by atoms with Gasteiger partial charge in [-0.2, -0.15) is 5.10 Å². The monoisotopic (exact) mass is 341 g/mol. The molecule has 132 valence electrons. The minimum Gasteiger partial charge on any atom is -0.332 e. The van der Waals surface area contributed by atoms with Gasteiger partial charge in [-0.15, -0.1) is 0 Å². The Morgan fingerprint density at radius 3 is 2.64 bits per heavy atom. The van der Waals surface area contributed by atoms with E-state index in [1.165, 1.54) is 0 Å². The first-order valence-electron chi connectivity index (χ1n) is 8.57. The molecule has 0 unspecified atom stereocenters. The van der Waals surface area contributed by atoms with Gasteiger partial charge in [-0.25, -0.2) is 9.97 Å². The SMILES string of the molecule is CCc1ncc2c(n1)CN(C(=O)CCn1nc(C)c(C(C)=O)c1C)C2. The van der Waals surface area contributed by atoms with Crippen LogP contribution in [0, 0.1) is 13.8 Å². The number of hydrogen-bond acceptors (Lipinski definition) is 5. The molecular weight excluding hydrogens is 318 g/mol. The Labute approximate surface area is 147 Å². The highest BCUT2D eigenvalue weighted by molar-refractivity contribution is 5.96. The first-order valence-corrected chi connectivity index (χ1v) is 8.57. The van der Waals surface area contributed by atoms with Gasteiger partial charge in [0.2, 0.25) is 5.91 Å². The number of aromatic nitrogens is 4. The summed E-state index contributed by atoms with van der Waals surface area (Å²) in [6.45, 7) is 8.83. The van der Waals surface area contributed by atoms with E-state index in [0.717, 1.165) is 29.2 Å². The highest BCUT2D eigenvalue weighted by Crippen LogP contribution is 2.21. The summed E-state index contributed by atoms with van der Waals surface area (Å²) >= 11 is 0. The van der Waals surface area contributed by atoms with Crippen LogP contribution < -0.4 is 0 Å². The van der Waals surface area contributed by atoms with Gasteiger partial charge in [-0.05, 0) is 20.8 Å². The second-order valence-electron chi connectivity index (χ2n) is 6.44. The van der Waals surface area contributed by atoms with E-state index in [1.54, 1.807) is 16.5 Å². The number of nitrogens with zero attached hydrogens (tertiary/aromatic N) is 5. The molecule has 0 fully saturated rings. The zero-order chi connectivity index (χ0) is 18.1. The van der Waals surface area contributed by atoms with Crippen molar-refractivity contribution in [2.24, 2.45) is 0 Å². The van der Waals surface area contributed by atoms with E-state index in [-0.39, 0.29) is 11.7 Å². The third-order valence-corrected chi connectivity index (χ3v) is 4.65. The van der Waals surface area contributed by atoms with Crippen molar-refractivity contribution in [1.82, 2.24) is 24.6 Å². The molecule has 1 aliphatic heterocycles. The lowest BCUT2D eigenvalue weighted by molar-refractivity contribution is -0.132. The predicted molar refractivity (Wildman–Crippen MR) is 92.0 cm³/mol. The second-order valence-corrected chi connectivity index (χ2v) is 6.44. The molecule has 0 atom stereocenters. The van der Waals surface area contributed by atoms with Crippen LogP contribution in [0.2, 0.25) is 0 Å². The van der Waals surface area contributed by atoms with Crippen molar-refractivity contribution in [3.8, 4) is 0 Å². The molecule has 0 saturated heterocycles. The molecule has 0 N–H and O–H groups in total. The number of fused-ring (bicyclic) bond motifs is 1. The van der Waals surface area contributed by atoms with E-state index in [1.807, 2.05) is 27.0 Å². The fraction of sp³-hybridized carbons (Fsp3) is 0.500. The molecule has 0 saturated carbocycles. The molecule has 0 aromatic carbocycles. The Morgan fingerprint density at radius 2 is 2.00 bits per heavy atom. The van der Waals surface area contributed by atoms with Gasteiger partial charge in [0.15, 0.2) is 5.78 Å². The molecule has 1 aliphatic rings. The number of carbonyl (C=O) groups excluding carboxylic acids is 2. The molecule has 2 aromatic rings. The van der Waals surface area contributed by atoms with E-state index < -0.39 is 0 Å². The van der Waals surface area contributed by atoms with Gasteiger partial charge >= 0.3 is 0 Å². The maximum atomic E-state index is 12.5. The van der Waals surface area contributed by atoms with Gasteiger partial charge in [0.25, 0.3) is 0 Å². The number of ketones is 1. The Bertz CT molecular complexity index is 840. The maximum Gasteiger partial charge on any atom is 0.225 e. The van der Waals surface area contributed by atoms with Crippen LogP contribution >= 0.6 is 0 Å². The molecule has 0 radical (unpaired) electrons. The van der Waals surface area contributed by atoms with Crippen molar-refractivity contribution < 1.29 is 9.59 Å². The van der Waals surface area contributed by atoms with Crippen LogP contribution in [0.5, 0.6) is 0 Å². The Morgan fingerprint density at radius 1 is 1.24 bits per heavy atom. The number of hydrogen-bond donors (Lipinski definition) is 0. The van der Waals surface area contributed by atoms with Crippen LogP contribution in [0.15, 0.2) is 6.20 Å². The Hall–Kier alpha value is -2.57. The van der Waals surface area contributed by atoms with Crippen molar-refractivity contribution in [1.29, 1.82) is 0 Å². The van der Waals surface area contributed by atoms with Gasteiger partial charge in [0.1, 0.15) is 5.82 Å². The lowest BCUT2D eigenvalue weighted by atomic mass is 10.1. The molecule has 3 heterocycles. The lowest BCUT2D eigenvalue weighted by Crippen LogP contribution is -2.26. The Balaban J connectivity index is 1.65. The molecule has 0 spiro atoms. The number of Topliss-reactive ketones (excluding diaryl/α,β-unsaturated/α-hetero) is 1. The highest BCUT2D eigenvalue weighted by Gasteiger charge is 2.25. The van der Waals surface area contributed by atoms with E-state index in [0.29, 0.717) is 37.3 Å². The predicted octanol–water partition coefficient (Wildman–Crippen LogP) is 1.99. The Kier molecular flexibility index (Phi) is 4.65. The van der Waals surface area contributed by atoms with Crippen molar-refractivity contribution >= 4 is 11.7 Å². The third-order valence-electron chi connectivity index (χ3n) is 4.65. The minimum absolute atomic E-state index is 0.00729. The summed E-state index contributed by atoms with van der Waals surface area (Å²) in [7, 11) is 0. The van der Waals surface area contributed by atoms with Crippen molar-refractivity contribution in [2.45, 2.75) is 60.2 Å². The summed E-state index contributed by atoms with van der Waals surface area (Å²) in [6, 6.07) is 0. The summed E-state index contributed by atoms with van der Waals surface area (Å²) < 4.78 is 1.75. The normalized spacial score (nSPS) is 13.2. The van der Waals surface area contributed by atoms with Gasteiger partial charge in [0, 0.05) is 43.4 Å². The van der Waals surface area contributed by atoms with Crippen molar-refractivity contribution in [3.63, 3.8) is 0 Å². The number of aryl methyl sites for hydroxylation is 3. The lowest BCUT2D eigenvalue weighted by Gasteiger charge is -2.15. The molecule has 2 aromatic heterocycles. The van der Waals surface area contributed by atoms with Crippen molar-refractivity contribution in [2.75, 3.05) is 0 Å². The molecule has 25 heavy (non-hydrogen) atoms. The molecule has 0 aliphatic carbocycles. The van der Waals surface area contributed by atoms with Crippen LogP contribution in [0.25, 0.3) is 0 Å². The number of rotatable bonds is 5. The molecule has 3 rings (SSSR count). The number of amides is 1. The van der Waals surface area contributed by atoms with Crippen LogP contribution in [0.4, 0.5) is 0 Å². The first-order chi connectivity index (χ1) is 11.9. The van der Waals surface area contributed by atoms with Gasteiger partial charge in [-0.1, -0.05) is 6.92 Å². The minimum atomic E-state index is 0.00729.